The average molecular weight is 250 g/mol. The van der Waals surface area contributed by atoms with E-state index in [2.05, 4.69) is 25.2 Å². The van der Waals surface area contributed by atoms with E-state index in [0.29, 0.717) is 18.6 Å². The molecular weight excluding hydrogens is 224 g/mol. The Hall–Kier alpha value is -0.590. The molecule has 0 radical (unpaired) electrons. The summed E-state index contributed by atoms with van der Waals surface area (Å²) >= 11 is 0. The molecule has 0 atom stereocenters. The summed E-state index contributed by atoms with van der Waals surface area (Å²) in [5.41, 5.74) is 0.102. The Morgan fingerprint density at radius 3 is 2.44 bits per heavy atom. The second-order valence-electron chi connectivity index (χ2n) is 6.81. The molecule has 1 saturated carbocycles. The molecule has 0 aromatic carbocycles. The number of nitrogens with zero attached hydrogens (tertiary/aromatic N) is 1. The van der Waals surface area contributed by atoms with E-state index in [0.717, 1.165) is 19.0 Å². The Morgan fingerprint density at radius 2 is 1.94 bits per heavy atom. The minimum absolute atomic E-state index is 0.247. The van der Waals surface area contributed by atoms with Gasteiger partial charge in [0.2, 0.25) is 0 Å². The van der Waals surface area contributed by atoms with Crippen molar-refractivity contribution < 1.29 is 4.74 Å². The van der Waals surface area contributed by atoms with Gasteiger partial charge in [0.25, 0.3) is 0 Å². The molecule has 2 fully saturated rings. The lowest BCUT2D eigenvalue weighted by molar-refractivity contribution is -0.0764. The van der Waals surface area contributed by atoms with Gasteiger partial charge in [0.1, 0.15) is 5.41 Å². The lowest BCUT2D eigenvalue weighted by atomic mass is 9.71. The maximum Gasteiger partial charge on any atom is 0.116 e. The van der Waals surface area contributed by atoms with Crippen LogP contribution >= 0.6 is 0 Å². The van der Waals surface area contributed by atoms with Gasteiger partial charge in [-0.2, -0.15) is 5.26 Å². The summed E-state index contributed by atoms with van der Waals surface area (Å²) in [6.45, 7) is 7.72. The van der Waals surface area contributed by atoms with Crippen molar-refractivity contribution in [2.45, 2.75) is 46.0 Å². The van der Waals surface area contributed by atoms with Gasteiger partial charge < -0.3 is 10.1 Å². The van der Waals surface area contributed by atoms with Crippen molar-refractivity contribution in [3.05, 3.63) is 0 Å². The van der Waals surface area contributed by atoms with Crippen molar-refractivity contribution in [2.24, 2.45) is 16.7 Å². The van der Waals surface area contributed by atoms with Crippen LogP contribution in [0.5, 0.6) is 0 Å². The van der Waals surface area contributed by atoms with E-state index < -0.39 is 0 Å². The average Bonchev–Trinajstić information content (AvgIpc) is 2.34. The molecule has 0 bridgehead atoms. The Labute approximate surface area is 111 Å². The molecular formula is C15H26N2O. The van der Waals surface area contributed by atoms with Crippen LogP contribution in [0.1, 0.15) is 46.0 Å². The number of nitrogens with one attached hydrogen (secondary N) is 1. The molecule has 18 heavy (non-hydrogen) atoms. The van der Waals surface area contributed by atoms with Crippen molar-refractivity contribution in [1.82, 2.24) is 5.32 Å². The first-order chi connectivity index (χ1) is 8.58. The van der Waals surface area contributed by atoms with Gasteiger partial charge in [0, 0.05) is 13.1 Å². The van der Waals surface area contributed by atoms with Gasteiger partial charge in [-0.05, 0) is 24.2 Å². The molecule has 3 heteroatoms. The number of hydrogen-bond acceptors (Lipinski definition) is 3. The lowest BCUT2D eigenvalue weighted by Crippen LogP contribution is -2.50. The highest BCUT2D eigenvalue weighted by Crippen LogP contribution is 2.38. The van der Waals surface area contributed by atoms with Crippen LogP contribution in [-0.2, 0) is 4.74 Å². The predicted molar refractivity (Wildman–Crippen MR) is 72.1 cm³/mol. The van der Waals surface area contributed by atoms with E-state index in [-0.39, 0.29) is 5.41 Å². The highest BCUT2D eigenvalue weighted by atomic mass is 16.5. The van der Waals surface area contributed by atoms with Gasteiger partial charge in [-0.3, -0.25) is 0 Å². The molecule has 3 nitrogen and oxygen atoms in total. The van der Waals surface area contributed by atoms with Gasteiger partial charge >= 0.3 is 0 Å². The largest absolute Gasteiger partial charge is 0.378 e. The lowest BCUT2D eigenvalue weighted by Gasteiger charge is -2.40. The SMILES string of the molecule is CC(C)(CNCC1(C#N)COC1)C1CCCCC1. The van der Waals surface area contributed by atoms with Gasteiger partial charge in [0.15, 0.2) is 0 Å². The summed E-state index contributed by atoms with van der Waals surface area (Å²) in [6, 6.07) is 2.39. The molecule has 0 aromatic heterocycles. The topological polar surface area (TPSA) is 45.0 Å². The number of nitriles is 1. The second kappa shape index (κ2) is 5.59. The van der Waals surface area contributed by atoms with Crippen LogP contribution < -0.4 is 5.32 Å². The van der Waals surface area contributed by atoms with Gasteiger partial charge in [-0.25, -0.2) is 0 Å². The summed E-state index contributed by atoms with van der Waals surface area (Å²) in [7, 11) is 0. The molecule has 1 aliphatic carbocycles. The van der Waals surface area contributed by atoms with Crippen molar-refractivity contribution in [3.63, 3.8) is 0 Å². The minimum atomic E-state index is -0.247. The Morgan fingerprint density at radius 1 is 1.28 bits per heavy atom. The molecule has 0 aromatic rings. The van der Waals surface area contributed by atoms with Crippen molar-refractivity contribution >= 4 is 0 Å². The fourth-order valence-electron chi connectivity index (χ4n) is 3.21. The smallest absolute Gasteiger partial charge is 0.116 e. The molecule has 0 amide bonds. The maximum absolute atomic E-state index is 9.14. The molecule has 2 aliphatic rings. The summed E-state index contributed by atoms with van der Waals surface area (Å²) < 4.78 is 5.17. The van der Waals surface area contributed by atoms with Crippen molar-refractivity contribution in [3.8, 4) is 6.07 Å². The van der Waals surface area contributed by atoms with Crippen LogP contribution in [0.15, 0.2) is 0 Å². The third-order valence-electron chi connectivity index (χ3n) is 4.75. The number of hydrogen-bond donors (Lipinski definition) is 1. The molecule has 2 rings (SSSR count). The highest BCUT2D eigenvalue weighted by molar-refractivity contribution is 5.05. The Bertz CT molecular complexity index is 309. The quantitative estimate of drug-likeness (QED) is 0.816. The molecule has 1 N–H and O–H groups in total. The third-order valence-corrected chi connectivity index (χ3v) is 4.75. The van der Waals surface area contributed by atoms with Gasteiger partial charge in [0.05, 0.1) is 19.3 Å². The third kappa shape index (κ3) is 3.05. The van der Waals surface area contributed by atoms with Gasteiger partial charge in [-0.15, -0.1) is 0 Å². The van der Waals surface area contributed by atoms with E-state index in [9.17, 15) is 0 Å². The summed E-state index contributed by atoms with van der Waals surface area (Å²) in [5.74, 6) is 0.842. The fraction of sp³-hybridized carbons (Fsp3) is 0.933. The van der Waals surface area contributed by atoms with Crippen molar-refractivity contribution in [1.29, 1.82) is 5.26 Å². The van der Waals surface area contributed by atoms with E-state index in [1.54, 1.807) is 0 Å². The molecule has 0 spiro atoms. The Kier molecular flexibility index (Phi) is 4.29. The van der Waals surface area contributed by atoms with E-state index in [1.807, 2.05) is 0 Å². The molecule has 1 saturated heterocycles. The van der Waals surface area contributed by atoms with Crippen LogP contribution in [0.4, 0.5) is 0 Å². The zero-order valence-corrected chi connectivity index (χ0v) is 11.8. The van der Waals surface area contributed by atoms with Crippen LogP contribution in [-0.4, -0.2) is 26.3 Å². The molecule has 1 aliphatic heterocycles. The normalized spacial score (nSPS) is 24.3. The van der Waals surface area contributed by atoms with Crippen molar-refractivity contribution in [2.75, 3.05) is 26.3 Å². The first-order valence-corrected chi connectivity index (χ1v) is 7.28. The summed E-state index contributed by atoms with van der Waals surface area (Å²) in [6.07, 6.45) is 6.95. The highest BCUT2D eigenvalue weighted by Gasteiger charge is 2.39. The summed E-state index contributed by atoms with van der Waals surface area (Å²) in [5, 5.41) is 12.7. The summed E-state index contributed by atoms with van der Waals surface area (Å²) in [4.78, 5) is 0. The van der Waals surface area contributed by atoms with E-state index in [1.165, 1.54) is 32.1 Å². The Balaban J connectivity index is 1.76. The molecule has 102 valence electrons. The molecule has 1 heterocycles. The monoisotopic (exact) mass is 250 g/mol. The standard InChI is InChI=1S/C15H26N2O/c1-14(2,13-6-4-3-5-7-13)9-17-10-15(8-16)11-18-12-15/h13,17H,3-7,9-12H2,1-2H3. The van der Waals surface area contributed by atoms with Crippen LogP contribution in [0.2, 0.25) is 0 Å². The second-order valence-corrected chi connectivity index (χ2v) is 6.81. The number of rotatable bonds is 5. The fourth-order valence-corrected chi connectivity index (χ4v) is 3.21. The predicted octanol–water partition coefficient (Wildman–Crippen LogP) is 2.72. The first kappa shape index (κ1) is 13.8. The van der Waals surface area contributed by atoms with Crippen LogP contribution in [0.25, 0.3) is 0 Å². The first-order valence-electron chi connectivity index (χ1n) is 7.28. The number of ether oxygens (including phenoxy) is 1. The van der Waals surface area contributed by atoms with Crippen LogP contribution in [0.3, 0.4) is 0 Å². The zero-order valence-electron chi connectivity index (χ0n) is 11.8. The maximum atomic E-state index is 9.14. The van der Waals surface area contributed by atoms with Gasteiger partial charge in [-0.1, -0.05) is 33.1 Å². The van der Waals surface area contributed by atoms with E-state index >= 15 is 0 Å². The minimum Gasteiger partial charge on any atom is -0.378 e. The van der Waals surface area contributed by atoms with Crippen LogP contribution in [0, 0.1) is 28.1 Å². The molecule has 0 unspecified atom stereocenters. The zero-order chi connectivity index (χ0) is 13.1. The van der Waals surface area contributed by atoms with E-state index in [4.69, 9.17) is 10.00 Å².